The summed E-state index contributed by atoms with van der Waals surface area (Å²) in [6, 6.07) is 10.5. The van der Waals surface area contributed by atoms with E-state index < -0.39 is 0 Å². The fourth-order valence-electron chi connectivity index (χ4n) is 4.03. The van der Waals surface area contributed by atoms with Crippen LogP contribution in [0.4, 0.5) is 0 Å². The van der Waals surface area contributed by atoms with E-state index >= 15 is 0 Å². The van der Waals surface area contributed by atoms with E-state index in [1.807, 2.05) is 25.1 Å². The first kappa shape index (κ1) is 17.8. The van der Waals surface area contributed by atoms with Crippen LogP contribution in [-0.4, -0.2) is 10.7 Å². The molecule has 1 unspecified atom stereocenters. The van der Waals surface area contributed by atoms with E-state index in [9.17, 15) is 5.11 Å². The Morgan fingerprint density at radius 2 is 1.88 bits per heavy atom. The minimum absolute atomic E-state index is 0.166. The van der Waals surface area contributed by atoms with Gasteiger partial charge in [-0.3, -0.25) is 0 Å². The normalized spacial score (nSPS) is 18.8. The second-order valence-corrected chi connectivity index (χ2v) is 8.52. The van der Waals surface area contributed by atoms with Gasteiger partial charge in [-0.1, -0.05) is 49.7 Å². The molecule has 134 valence electrons. The third-order valence-electron chi connectivity index (χ3n) is 5.34. The van der Waals surface area contributed by atoms with E-state index in [4.69, 9.17) is 4.74 Å². The van der Waals surface area contributed by atoms with Gasteiger partial charge in [0.1, 0.15) is 17.1 Å². The first-order chi connectivity index (χ1) is 11.7. The minimum atomic E-state index is -0.166. The van der Waals surface area contributed by atoms with Gasteiger partial charge in [-0.05, 0) is 68.2 Å². The molecule has 1 N–H and O–H groups in total. The summed E-state index contributed by atoms with van der Waals surface area (Å²) in [5, 5.41) is 10.4. The van der Waals surface area contributed by atoms with E-state index in [1.165, 1.54) is 16.7 Å². The molecule has 0 radical (unpaired) electrons. The highest BCUT2D eigenvalue weighted by Gasteiger charge is 2.36. The Morgan fingerprint density at radius 3 is 2.56 bits per heavy atom. The Morgan fingerprint density at radius 1 is 1.16 bits per heavy atom. The first-order valence-electron chi connectivity index (χ1n) is 9.28. The van der Waals surface area contributed by atoms with E-state index in [-0.39, 0.29) is 5.60 Å². The highest BCUT2D eigenvalue weighted by atomic mass is 16.5. The second-order valence-electron chi connectivity index (χ2n) is 8.52. The number of phenolic OH excluding ortho intramolecular Hbond substituents is 1. The maximum Gasteiger partial charge on any atom is 0.127 e. The van der Waals surface area contributed by atoms with Gasteiger partial charge in [-0.15, -0.1) is 0 Å². The molecule has 2 heteroatoms. The van der Waals surface area contributed by atoms with Crippen LogP contribution in [0, 0.1) is 19.8 Å². The van der Waals surface area contributed by atoms with Gasteiger partial charge in [-0.2, -0.15) is 0 Å². The second kappa shape index (κ2) is 6.40. The molecule has 1 aliphatic rings. The van der Waals surface area contributed by atoms with Crippen LogP contribution in [0.1, 0.15) is 67.9 Å². The molecule has 25 heavy (non-hydrogen) atoms. The van der Waals surface area contributed by atoms with E-state index in [2.05, 4.69) is 46.8 Å². The van der Waals surface area contributed by atoms with Crippen LogP contribution in [0.5, 0.6) is 11.5 Å². The number of fused-ring (bicyclic) bond motifs is 1. The quantitative estimate of drug-likeness (QED) is 0.755. The number of phenols is 1. The maximum absolute atomic E-state index is 10.4. The van der Waals surface area contributed by atoms with Crippen molar-refractivity contribution in [2.45, 2.75) is 65.9 Å². The third-order valence-corrected chi connectivity index (χ3v) is 5.34. The molecule has 2 nitrogen and oxygen atoms in total. The Labute approximate surface area is 151 Å². The molecular weight excluding hydrogens is 308 g/mol. The number of aryl methyl sites for hydroxylation is 2. The first-order valence-corrected chi connectivity index (χ1v) is 9.28. The fraction of sp³-hybridized carbons (Fsp3) is 0.478. The van der Waals surface area contributed by atoms with Crippen LogP contribution >= 0.6 is 0 Å². The summed E-state index contributed by atoms with van der Waals surface area (Å²) in [6.07, 6.45) is 1.73. The van der Waals surface area contributed by atoms with Crippen LogP contribution in [-0.2, 0) is 6.42 Å². The highest BCUT2D eigenvalue weighted by molar-refractivity contribution is 5.52. The van der Waals surface area contributed by atoms with Gasteiger partial charge in [0.2, 0.25) is 0 Å². The van der Waals surface area contributed by atoms with Gasteiger partial charge in [0, 0.05) is 6.42 Å². The average Bonchev–Trinajstić information content (AvgIpc) is 2.51. The van der Waals surface area contributed by atoms with E-state index in [0.29, 0.717) is 24.0 Å². The zero-order chi connectivity index (χ0) is 18.4. The van der Waals surface area contributed by atoms with Crippen LogP contribution in [0.15, 0.2) is 30.3 Å². The van der Waals surface area contributed by atoms with Crippen molar-refractivity contribution < 1.29 is 9.84 Å². The summed E-state index contributed by atoms with van der Waals surface area (Å²) in [7, 11) is 0. The molecule has 0 aliphatic carbocycles. The molecule has 3 rings (SSSR count). The van der Waals surface area contributed by atoms with Crippen molar-refractivity contribution in [3.05, 3.63) is 58.1 Å². The lowest BCUT2D eigenvalue weighted by Gasteiger charge is -2.40. The molecule has 0 saturated carbocycles. The van der Waals surface area contributed by atoms with Gasteiger partial charge >= 0.3 is 0 Å². The summed E-state index contributed by atoms with van der Waals surface area (Å²) in [5.41, 5.74) is 5.47. The minimum Gasteiger partial charge on any atom is -0.507 e. The number of ether oxygens (including phenoxy) is 1. The molecule has 0 saturated heterocycles. The monoisotopic (exact) mass is 338 g/mol. The van der Waals surface area contributed by atoms with Crippen molar-refractivity contribution in [2.24, 2.45) is 5.92 Å². The van der Waals surface area contributed by atoms with Gasteiger partial charge in [0.15, 0.2) is 0 Å². The topological polar surface area (TPSA) is 29.5 Å². The number of hydrogen-bond acceptors (Lipinski definition) is 2. The molecule has 2 aromatic rings. The molecule has 1 heterocycles. The Balaban J connectivity index is 2.11. The zero-order valence-corrected chi connectivity index (χ0v) is 16.3. The Bertz CT molecular complexity index is 787. The lowest BCUT2D eigenvalue weighted by Crippen LogP contribution is -2.36. The SMILES string of the molecule is Cc1cc(Cc2cccc(C)c2O)c2c(c1)C(C(C)C)CC(C)(C)O2. The Kier molecular flexibility index (Phi) is 4.57. The van der Waals surface area contributed by atoms with Crippen molar-refractivity contribution in [2.75, 3.05) is 0 Å². The summed E-state index contributed by atoms with van der Waals surface area (Å²) < 4.78 is 6.45. The van der Waals surface area contributed by atoms with Crippen molar-refractivity contribution in [1.29, 1.82) is 0 Å². The van der Waals surface area contributed by atoms with Crippen molar-refractivity contribution in [3.63, 3.8) is 0 Å². The van der Waals surface area contributed by atoms with Crippen molar-refractivity contribution in [3.8, 4) is 11.5 Å². The van der Waals surface area contributed by atoms with E-state index in [1.54, 1.807) is 0 Å². The number of aromatic hydroxyl groups is 1. The standard InChI is InChI=1S/C23H30O2/c1-14(2)20-13-23(5,6)25-22-18(10-15(3)11-19(20)22)12-17-9-7-8-16(4)21(17)24/h7-11,14,20,24H,12-13H2,1-6H3. The van der Waals surface area contributed by atoms with Crippen LogP contribution in [0.3, 0.4) is 0 Å². The Hall–Kier alpha value is -1.96. The maximum atomic E-state index is 10.4. The molecule has 2 aromatic carbocycles. The highest BCUT2D eigenvalue weighted by Crippen LogP contribution is 2.47. The van der Waals surface area contributed by atoms with Crippen molar-refractivity contribution >= 4 is 0 Å². The van der Waals surface area contributed by atoms with Crippen molar-refractivity contribution in [1.82, 2.24) is 0 Å². The molecule has 1 atom stereocenters. The molecular formula is C23H30O2. The number of hydrogen-bond donors (Lipinski definition) is 1. The van der Waals surface area contributed by atoms with Gasteiger partial charge in [0.05, 0.1) is 0 Å². The lowest BCUT2D eigenvalue weighted by molar-refractivity contribution is 0.0628. The van der Waals surface area contributed by atoms with Gasteiger partial charge in [-0.25, -0.2) is 0 Å². The average molecular weight is 338 g/mol. The molecule has 0 amide bonds. The molecule has 0 fully saturated rings. The molecule has 0 spiro atoms. The number of rotatable bonds is 3. The fourth-order valence-corrected chi connectivity index (χ4v) is 4.03. The summed E-state index contributed by atoms with van der Waals surface area (Å²) in [6.45, 7) is 13.0. The molecule has 0 aromatic heterocycles. The van der Waals surface area contributed by atoms with Gasteiger partial charge < -0.3 is 9.84 Å². The van der Waals surface area contributed by atoms with Gasteiger partial charge in [0.25, 0.3) is 0 Å². The third kappa shape index (κ3) is 3.53. The summed E-state index contributed by atoms with van der Waals surface area (Å²) in [5.74, 6) is 2.50. The van der Waals surface area contributed by atoms with E-state index in [0.717, 1.165) is 23.3 Å². The van der Waals surface area contributed by atoms with Crippen LogP contribution in [0.2, 0.25) is 0 Å². The molecule has 0 bridgehead atoms. The summed E-state index contributed by atoms with van der Waals surface area (Å²) in [4.78, 5) is 0. The largest absolute Gasteiger partial charge is 0.507 e. The predicted molar refractivity (Wildman–Crippen MR) is 104 cm³/mol. The number of para-hydroxylation sites is 1. The zero-order valence-electron chi connectivity index (χ0n) is 16.3. The number of benzene rings is 2. The summed E-state index contributed by atoms with van der Waals surface area (Å²) >= 11 is 0. The smallest absolute Gasteiger partial charge is 0.127 e. The molecule has 1 aliphatic heterocycles. The lowest BCUT2D eigenvalue weighted by atomic mass is 9.76. The van der Waals surface area contributed by atoms with Crippen LogP contribution < -0.4 is 4.74 Å². The van der Waals surface area contributed by atoms with Crippen LogP contribution in [0.25, 0.3) is 0 Å². The predicted octanol–water partition coefficient (Wildman–Crippen LogP) is 5.90.